The lowest BCUT2D eigenvalue weighted by Gasteiger charge is -2.21. The largest absolute Gasteiger partial charge is 0.110 e. The molecule has 104 valence electrons. The van der Waals surface area contributed by atoms with E-state index in [9.17, 15) is 0 Å². The molecule has 0 aliphatic carbocycles. The van der Waals surface area contributed by atoms with Gasteiger partial charge >= 0.3 is 0 Å². The van der Waals surface area contributed by atoms with Gasteiger partial charge in [0.2, 0.25) is 0 Å². The van der Waals surface area contributed by atoms with Crippen molar-refractivity contribution in [3.63, 3.8) is 0 Å². The normalized spacial score (nSPS) is 12.2. The van der Waals surface area contributed by atoms with Crippen LogP contribution in [0.2, 0.25) is 0 Å². The fourth-order valence-electron chi connectivity index (χ4n) is 2.24. The van der Waals surface area contributed by atoms with Gasteiger partial charge in [0.25, 0.3) is 0 Å². The molecule has 0 fully saturated rings. The van der Waals surface area contributed by atoms with Crippen molar-refractivity contribution >= 4 is 31.9 Å². The Morgan fingerprint density at radius 1 is 1.00 bits per heavy atom. The summed E-state index contributed by atoms with van der Waals surface area (Å²) in [5.74, 6) is 0. The number of hydrogen-bond donors (Lipinski definition) is 0. The maximum Gasteiger partial charge on any atom is -0.0174 e. The van der Waals surface area contributed by atoms with E-state index in [1.165, 1.54) is 44.1 Å². The highest BCUT2D eigenvalue weighted by molar-refractivity contribution is 14.0. The van der Waals surface area contributed by atoms with Crippen molar-refractivity contribution in [2.45, 2.75) is 51.1 Å². The Balaban J connectivity index is 0.00000289. The molecule has 0 bridgehead atoms. The fraction of sp³-hybridized carbons (Fsp3) is 0.625. The summed E-state index contributed by atoms with van der Waals surface area (Å²) in [4.78, 5) is 0. The van der Waals surface area contributed by atoms with Gasteiger partial charge in [0.1, 0.15) is 0 Å². The number of benzene rings is 1. The Labute approximate surface area is 132 Å². The van der Waals surface area contributed by atoms with E-state index >= 15 is 0 Å². The van der Waals surface area contributed by atoms with Crippen LogP contribution in [0.5, 0.6) is 0 Å². The minimum atomic E-state index is 0. The molecule has 0 radical (unpaired) electrons. The van der Waals surface area contributed by atoms with Crippen molar-refractivity contribution in [3.8, 4) is 0 Å². The molecule has 0 saturated heterocycles. The van der Waals surface area contributed by atoms with Gasteiger partial charge in [-0.1, -0.05) is 62.9 Å². The van der Waals surface area contributed by atoms with Gasteiger partial charge in [0.05, 0.1) is 0 Å². The van der Waals surface area contributed by atoms with Crippen molar-refractivity contribution in [2.75, 3.05) is 13.3 Å². The second kappa shape index (κ2) is 11.2. The number of rotatable bonds is 8. The van der Waals surface area contributed by atoms with Gasteiger partial charge in [-0.25, -0.2) is 0 Å². The van der Waals surface area contributed by atoms with Gasteiger partial charge in [-0.05, 0) is 37.4 Å². The molecule has 0 nitrogen and oxygen atoms in total. The number of hydrogen-bond acceptors (Lipinski definition) is 0. The monoisotopic (exact) mass is 378 g/mol. The van der Waals surface area contributed by atoms with E-state index in [1.807, 2.05) is 0 Å². The predicted molar refractivity (Wildman–Crippen MR) is 96.9 cm³/mol. The molecule has 0 saturated carbocycles. The molecule has 1 aromatic rings. The molecular formula is C16H28IP. The summed E-state index contributed by atoms with van der Waals surface area (Å²) in [7, 11) is 0.192. The van der Waals surface area contributed by atoms with Crippen LogP contribution in [0.25, 0.3) is 0 Å². The Morgan fingerprint density at radius 3 is 2.22 bits per heavy atom. The third-order valence-electron chi connectivity index (χ3n) is 3.44. The smallest absolute Gasteiger partial charge is 0.0174 e. The lowest BCUT2D eigenvalue weighted by atomic mass is 10.0. The first kappa shape index (κ1) is 18.4. The second-order valence-electron chi connectivity index (χ2n) is 5.16. The van der Waals surface area contributed by atoms with Gasteiger partial charge < -0.3 is 0 Å². The van der Waals surface area contributed by atoms with Gasteiger partial charge in [0, 0.05) is 0 Å². The molecule has 1 aromatic carbocycles. The zero-order chi connectivity index (χ0) is 12.5. The molecule has 0 aromatic heterocycles. The zero-order valence-corrected chi connectivity index (χ0v) is 15.3. The molecule has 18 heavy (non-hydrogen) atoms. The quantitative estimate of drug-likeness (QED) is 0.299. The van der Waals surface area contributed by atoms with Crippen LogP contribution in [0.4, 0.5) is 0 Å². The van der Waals surface area contributed by atoms with Gasteiger partial charge in [-0.15, -0.1) is 31.9 Å². The van der Waals surface area contributed by atoms with E-state index < -0.39 is 0 Å². The maximum atomic E-state index is 2.43. The first-order valence-corrected chi connectivity index (χ1v) is 9.25. The lowest BCUT2D eigenvalue weighted by molar-refractivity contribution is 0.612. The van der Waals surface area contributed by atoms with E-state index in [0.29, 0.717) is 0 Å². The van der Waals surface area contributed by atoms with Gasteiger partial charge in [0.15, 0.2) is 0 Å². The Kier molecular flexibility index (Phi) is 11.5. The highest BCUT2D eigenvalue weighted by Crippen LogP contribution is 2.37. The minimum absolute atomic E-state index is 0. The van der Waals surface area contributed by atoms with E-state index in [2.05, 4.69) is 50.6 Å². The van der Waals surface area contributed by atoms with Crippen LogP contribution in [0.15, 0.2) is 30.3 Å². The molecule has 0 spiro atoms. The fourth-order valence-corrected chi connectivity index (χ4v) is 3.51. The first-order valence-electron chi connectivity index (χ1n) is 6.94. The third kappa shape index (κ3) is 7.74. The van der Waals surface area contributed by atoms with E-state index in [1.54, 1.807) is 0 Å². The van der Waals surface area contributed by atoms with E-state index in [-0.39, 0.29) is 31.9 Å². The van der Waals surface area contributed by atoms with Gasteiger partial charge in [-0.2, -0.15) is 0 Å². The Bertz CT molecular complexity index is 284. The molecule has 2 heteroatoms. The average molecular weight is 378 g/mol. The van der Waals surface area contributed by atoms with Crippen molar-refractivity contribution in [1.82, 2.24) is 0 Å². The summed E-state index contributed by atoms with van der Waals surface area (Å²) in [5, 5.41) is 0. The Morgan fingerprint density at radius 2 is 1.67 bits per heavy atom. The molecule has 0 amide bonds. The van der Waals surface area contributed by atoms with Crippen molar-refractivity contribution in [2.24, 2.45) is 0 Å². The van der Waals surface area contributed by atoms with Crippen LogP contribution in [-0.2, 0) is 6.42 Å². The summed E-state index contributed by atoms with van der Waals surface area (Å²) in [6.07, 6.45) is 8.30. The topological polar surface area (TPSA) is 0 Å². The molecule has 1 rings (SSSR count). The summed E-state index contributed by atoms with van der Waals surface area (Å²) < 4.78 is 0. The van der Waals surface area contributed by atoms with Crippen LogP contribution in [0.3, 0.4) is 0 Å². The van der Waals surface area contributed by atoms with E-state index in [0.717, 1.165) is 5.66 Å². The van der Waals surface area contributed by atoms with E-state index in [4.69, 9.17) is 0 Å². The first-order chi connectivity index (χ1) is 8.24. The highest BCUT2D eigenvalue weighted by atomic mass is 127. The van der Waals surface area contributed by atoms with Crippen LogP contribution >= 0.6 is 31.9 Å². The Hall–Kier alpha value is 0.380. The van der Waals surface area contributed by atoms with Crippen molar-refractivity contribution < 1.29 is 0 Å². The standard InChI is InChI=1S/C16H27P.HI/c1-4-5-6-10-13-16(17(2)3)14-15-11-8-7-9-12-15;/h7-9,11-12,16H,4-6,10,13-14H2,1-3H3;1H. The van der Waals surface area contributed by atoms with Crippen LogP contribution in [0.1, 0.15) is 44.6 Å². The average Bonchev–Trinajstić information content (AvgIpc) is 2.34. The molecule has 0 heterocycles. The predicted octanol–water partition coefficient (Wildman–Crippen LogP) is 5.93. The molecule has 0 N–H and O–H groups in total. The van der Waals surface area contributed by atoms with Crippen LogP contribution in [0, 0.1) is 0 Å². The molecule has 0 aliphatic rings. The van der Waals surface area contributed by atoms with Crippen molar-refractivity contribution in [3.05, 3.63) is 35.9 Å². The maximum absolute atomic E-state index is 2.43. The summed E-state index contributed by atoms with van der Waals surface area (Å²) in [5.41, 5.74) is 2.44. The highest BCUT2D eigenvalue weighted by Gasteiger charge is 2.12. The molecule has 0 aliphatic heterocycles. The number of unbranched alkanes of at least 4 members (excludes halogenated alkanes) is 3. The summed E-state index contributed by atoms with van der Waals surface area (Å²) >= 11 is 0. The summed E-state index contributed by atoms with van der Waals surface area (Å²) in [6.45, 7) is 7.15. The molecule has 1 atom stereocenters. The minimum Gasteiger partial charge on any atom is -0.110 e. The SMILES string of the molecule is CCCCCCC(Cc1ccccc1)P(C)C.I. The lowest BCUT2D eigenvalue weighted by Crippen LogP contribution is -2.09. The summed E-state index contributed by atoms with van der Waals surface area (Å²) in [6, 6.07) is 11.0. The van der Waals surface area contributed by atoms with Crippen LogP contribution < -0.4 is 0 Å². The number of halogens is 1. The van der Waals surface area contributed by atoms with Gasteiger partial charge in [-0.3, -0.25) is 0 Å². The third-order valence-corrected chi connectivity index (χ3v) is 5.34. The van der Waals surface area contributed by atoms with Crippen molar-refractivity contribution in [1.29, 1.82) is 0 Å². The van der Waals surface area contributed by atoms with Crippen LogP contribution in [-0.4, -0.2) is 19.0 Å². The zero-order valence-electron chi connectivity index (χ0n) is 12.1. The molecular weight excluding hydrogens is 350 g/mol. The second-order valence-corrected chi connectivity index (χ2v) is 7.81. The molecule has 1 unspecified atom stereocenters.